The Bertz CT molecular complexity index is 979. The zero-order valence-electron chi connectivity index (χ0n) is 15.5. The number of anilines is 2. The number of thioether (sulfide) groups is 1. The van der Waals surface area contributed by atoms with E-state index in [2.05, 4.69) is 10.6 Å². The molecule has 2 amide bonds. The third-order valence-corrected chi connectivity index (χ3v) is 5.65. The van der Waals surface area contributed by atoms with Crippen LogP contribution in [-0.4, -0.2) is 35.9 Å². The summed E-state index contributed by atoms with van der Waals surface area (Å²) < 4.78 is 15.7. The lowest BCUT2D eigenvalue weighted by Gasteiger charge is -2.23. The summed E-state index contributed by atoms with van der Waals surface area (Å²) in [4.78, 5) is 37.7. The molecule has 2 atom stereocenters. The average molecular weight is 414 g/mol. The van der Waals surface area contributed by atoms with E-state index in [0.29, 0.717) is 17.2 Å². The fourth-order valence-corrected chi connectivity index (χ4v) is 3.99. The molecule has 2 aliphatic rings. The predicted octanol–water partition coefficient (Wildman–Crippen LogP) is 2.79. The molecule has 0 aliphatic carbocycles. The molecule has 2 heterocycles. The molecule has 4 rings (SSSR count). The van der Waals surface area contributed by atoms with Gasteiger partial charge in [0.2, 0.25) is 12.7 Å². The molecule has 0 aromatic heterocycles. The van der Waals surface area contributed by atoms with Gasteiger partial charge in [0, 0.05) is 16.6 Å². The number of carbonyl (C=O) groups is 3. The molecule has 0 saturated carbocycles. The quantitative estimate of drug-likeness (QED) is 0.725. The number of fused-ring (bicyclic) bond motifs is 2. The number of rotatable bonds is 5. The third-order valence-electron chi connectivity index (χ3n) is 4.38. The van der Waals surface area contributed by atoms with Crippen LogP contribution >= 0.6 is 11.8 Å². The highest BCUT2D eigenvalue weighted by atomic mass is 32.2. The van der Waals surface area contributed by atoms with Crippen molar-refractivity contribution < 1.29 is 28.6 Å². The monoisotopic (exact) mass is 414 g/mol. The fraction of sp³-hybridized carbons (Fsp3) is 0.250. The van der Waals surface area contributed by atoms with Crippen LogP contribution in [0.1, 0.15) is 13.3 Å². The number of hydrogen-bond donors (Lipinski definition) is 2. The smallest absolute Gasteiger partial charge is 0.308 e. The van der Waals surface area contributed by atoms with Crippen molar-refractivity contribution in [2.75, 3.05) is 17.4 Å². The second-order valence-electron chi connectivity index (χ2n) is 6.49. The van der Waals surface area contributed by atoms with Crippen molar-refractivity contribution in [3.63, 3.8) is 0 Å². The Morgan fingerprint density at radius 1 is 1.24 bits per heavy atom. The lowest BCUT2D eigenvalue weighted by atomic mass is 10.2. The first kappa shape index (κ1) is 19.1. The van der Waals surface area contributed by atoms with Gasteiger partial charge in [-0.05, 0) is 31.2 Å². The SMILES string of the molecule is C[C@H](OC(=O)C[C@@H]1Sc2ccccc2NC1=O)C(=O)Nc1ccc2c(c1)OCO2. The molecule has 0 bridgehead atoms. The number of ether oxygens (including phenoxy) is 3. The third kappa shape index (κ3) is 4.29. The van der Waals surface area contributed by atoms with Gasteiger partial charge in [-0.25, -0.2) is 0 Å². The highest BCUT2D eigenvalue weighted by molar-refractivity contribution is 8.01. The second-order valence-corrected chi connectivity index (χ2v) is 7.73. The van der Waals surface area contributed by atoms with Crippen molar-refractivity contribution in [2.24, 2.45) is 0 Å². The first-order valence-electron chi connectivity index (χ1n) is 8.96. The van der Waals surface area contributed by atoms with Crippen LogP contribution in [-0.2, 0) is 19.1 Å². The molecule has 8 nitrogen and oxygen atoms in total. The summed E-state index contributed by atoms with van der Waals surface area (Å²) in [6.07, 6.45) is -1.15. The Morgan fingerprint density at radius 2 is 2.03 bits per heavy atom. The number of carbonyl (C=O) groups excluding carboxylic acids is 3. The standard InChI is InChI=1S/C20H18N2O6S/c1-11(19(24)21-12-6-7-14-15(8-12)27-10-26-14)28-18(23)9-17-20(25)22-13-4-2-3-5-16(13)29-17/h2-8,11,17H,9-10H2,1H3,(H,21,24)(H,22,25)/t11-,17-/m0/s1. The van der Waals surface area contributed by atoms with E-state index in [4.69, 9.17) is 14.2 Å². The number of nitrogens with one attached hydrogen (secondary N) is 2. The maximum absolute atomic E-state index is 12.3. The number of benzene rings is 2. The summed E-state index contributed by atoms with van der Waals surface area (Å²) in [6, 6.07) is 12.4. The van der Waals surface area contributed by atoms with E-state index in [1.165, 1.54) is 18.7 Å². The van der Waals surface area contributed by atoms with Gasteiger partial charge in [-0.2, -0.15) is 0 Å². The van der Waals surface area contributed by atoms with Crippen molar-refractivity contribution in [1.29, 1.82) is 0 Å². The Hall–Kier alpha value is -3.20. The molecular weight excluding hydrogens is 396 g/mol. The van der Waals surface area contributed by atoms with Crippen LogP contribution in [0.2, 0.25) is 0 Å². The van der Waals surface area contributed by atoms with Crippen molar-refractivity contribution in [3.05, 3.63) is 42.5 Å². The van der Waals surface area contributed by atoms with E-state index in [1.54, 1.807) is 24.3 Å². The molecule has 2 aromatic rings. The van der Waals surface area contributed by atoms with Crippen LogP contribution < -0.4 is 20.1 Å². The molecule has 2 N–H and O–H groups in total. The van der Waals surface area contributed by atoms with Gasteiger partial charge in [0.15, 0.2) is 17.6 Å². The lowest BCUT2D eigenvalue weighted by molar-refractivity contribution is -0.153. The van der Waals surface area contributed by atoms with Crippen LogP contribution in [0.5, 0.6) is 11.5 Å². The van der Waals surface area contributed by atoms with E-state index in [-0.39, 0.29) is 19.1 Å². The van der Waals surface area contributed by atoms with Crippen LogP contribution in [0, 0.1) is 0 Å². The van der Waals surface area contributed by atoms with Gasteiger partial charge in [0.05, 0.1) is 17.4 Å². The molecule has 0 unspecified atom stereocenters. The zero-order valence-corrected chi connectivity index (χ0v) is 16.3. The topological polar surface area (TPSA) is 103 Å². The second kappa shape index (κ2) is 8.04. The average Bonchev–Trinajstić information content (AvgIpc) is 3.16. The minimum absolute atomic E-state index is 0.132. The Labute approximate surface area is 170 Å². The van der Waals surface area contributed by atoms with Crippen LogP contribution in [0.15, 0.2) is 47.4 Å². The minimum Gasteiger partial charge on any atom is -0.454 e. The Morgan fingerprint density at radius 3 is 2.90 bits per heavy atom. The van der Waals surface area contributed by atoms with E-state index >= 15 is 0 Å². The fourth-order valence-electron chi connectivity index (χ4n) is 2.90. The van der Waals surface area contributed by atoms with Crippen molar-refractivity contribution in [2.45, 2.75) is 29.6 Å². The predicted molar refractivity (Wildman–Crippen MR) is 106 cm³/mol. The first-order chi connectivity index (χ1) is 14.0. The summed E-state index contributed by atoms with van der Waals surface area (Å²) in [7, 11) is 0. The van der Waals surface area contributed by atoms with Crippen molar-refractivity contribution in [3.8, 4) is 11.5 Å². The van der Waals surface area contributed by atoms with E-state index in [9.17, 15) is 14.4 Å². The van der Waals surface area contributed by atoms with Gasteiger partial charge < -0.3 is 24.8 Å². The molecule has 0 radical (unpaired) electrons. The molecule has 29 heavy (non-hydrogen) atoms. The summed E-state index contributed by atoms with van der Waals surface area (Å²) >= 11 is 1.30. The van der Waals surface area contributed by atoms with Crippen LogP contribution in [0.3, 0.4) is 0 Å². The van der Waals surface area contributed by atoms with E-state index in [0.717, 1.165) is 10.6 Å². The van der Waals surface area contributed by atoms with Gasteiger partial charge in [-0.15, -0.1) is 11.8 Å². The molecule has 150 valence electrons. The largest absolute Gasteiger partial charge is 0.454 e. The summed E-state index contributed by atoms with van der Waals surface area (Å²) in [5, 5.41) is 4.83. The maximum atomic E-state index is 12.3. The number of amides is 2. The van der Waals surface area contributed by atoms with Crippen molar-refractivity contribution >= 4 is 40.9 Å². The highest BCUT2D eigenvalue weighted by Gasteiger charge is 2.30. The summed E-state index contributed by atoms with van der Waals surface area (Å²) in [5.41, 5.74) is 1.23. The zero-order chi connectivity index (χ0) is 20.4. The first-order valence-corrected chi connectivity index (χ1v) is 9.84. The lowest BCUT2D eigenvalue weighted by Crippen LogP contribution is -2.34. The molecule has 0 spiro atoms. The summed E-state index contributed by atoms with van der Waals surface area (Å²) in [6.45, 7) is 1.61. The number of esters is 1. The van der Waals surface area contributed by atoms with Crippen LogP contribution in [0.4, 0.5) is 11.4 Å². The van der Waals surface area contributed by atoms with E-state index < -0.39 is 23.2 Å². The molecule has 2 aliphatic heterocycles. The minimum atomic E-state index is -1.02. The van der Waals surface area contributed by atoms with Gasteiger partial charge in [-0.3, -0.25) is 14.4 Å². The normalized spacial score (nSPS) is 17.7. The van der Waals surface area contributed by atoms with Crippen LogP contribution in [0.25, 0.3) is 0 Å². The Balaban J connectivity index is 1.31. The molecular formula is C20H18N2O6S. The molecule has 0 saturated heterocycles. The van der Waals surface area contributed by atoms with Crippen molar-refractivity contribution in [1.82, 2.24) is 0 Å². The molecule has 0 fully saturated rings. The highest BCUT2D eigenvalue weighted by Crippen LogP contribution is 2.37. The number of para-hydroxylation sites is 1. The Kier molecular flexibility index (Phi) is 5.30. The number of hydrogen-bond acceptors (Lipinski definition) is 7. The molecule has 2 aromatic carbocycles. The van der Waals surface area contributed by atoms with Gasteiger partial charge in [0.1, 0.15) is 0 Å². The van der Waals surface area contributed by atoms with Gasteiger partial charge >= 0.3 is 5.97 Å². The maximum Gasteiger partial charge on any atom is 0.308 e. The van der Waals surface area contributed by atoms with E-state index in [1.807, 2.05) is 18.2 Å². The summed E-state index contributed by atoms with van der Waals surface area (Å²) in [5.74, 6) is -0.225. The molecule has 9 heteroatoms. The van der Waals surface area contributed by atoms with Gasteiger partial charge in [0.25, 0.3) is 5.91 Å². The van der Waals surface area contributed by atoms with Gasteiger partial charge in [-0.1, -0.05) is 12.1 Å².